The molecule has 0 bridgehead atoms. The van der Waals surface area contributed by atoms with Crippen LogP contribution in [-0.4, -0.2) is 24.9 Å². The molecule has 1 aromatic carbocycles. The van der Waals surface area contributed by atoms with E-state index in [2.05, 4.69) is 17.6 Å². The van der Waals surface area contributed by atoms with Crippen molar-refractivity contribution in [2.75, 3.05) is 13.1 Å². The largest absolute Gasteiger partial charge is 0.352 e. The van der Waals surface area contributed by atoms with Crippen molar-refractivity contribution in [2.24, 2.45) is 0 Å². The van der Waals surface area contributed by atoms with Gasteiger partial charge in [-0.3, -0.25) is 9.59 Å². The zero-order chi connectivity index (χ0) is 14.8. The van der Waals surface area contributed by atoms with Gasteiger partial charge in [0, 0.05) is 24.2 Å². The minimum absolute atomic E-state index is 0.0818. The van der Waals surface area contributed by atoms with E-state index in [-0.39, 0.29) is 11.8 Å². The highest BCUT2D eigenvalue weighted by molar-refractivity contribution is 5.97. The third-order valence-corrected chi connectivity index (χ3v) is 3.01. The Balaban J connectivity index is 2.48. The van der Waals surface area contributed by atoms with Gasteiger partial charge in [0.2, 0.25) is 0 Å². The average Bonchev–Trinajstić information content (AvgIpc) is 2.49. The maximum atomic E-state index is 11.8. The molecule has 0 saturated carbocycles. The van der Waals surface area contributed by atoms with E-state index in [0.29, 0.717) is 24.2 Å². The normalized spacial score (nSPS) is 10.1. The number of nitrogens with one attached hydrogen (secondary N) is 2. The molecule has 0 saturated heterocycles. The van der Waals surface area contributed by atoms with Crippen LogP contribution in [0.3, 0.4) is 0 Å². The Bertz CT molecular complexity index is 427. The summed E-state index contributed by atoms with van der Waals surface area (Å²) in [6, 6.07) is 6.75. The highest BCUT2D eigenvalue weighted by Crippen LogP contribution is 2.05. The molecule has 4 heteroatoms. The van der Waals surface area contributed by atoms with Crippen molar-refractivity contribution >= 4 is 11.8 Å². The van der Waals surface area contributed by atoms with Crippen LogP contribution in [0.2, 0.25) is 0 Å². The van der Waals surface area contributed by atoms with Crippen molar-refractivity contribution < 1.29 is 9.59 Å². The van der Waals surface area contributed by atoms with E-state index in [4.69, 9.17) is 0 Å². The van der Waals surface area contributed by atoms with Crippen LogP contribution in [0.15, 0.2) is 24.3 Å². The number of unbranched alkanes of at least 4 members (excludes halogenated alkanes) is 2. The fourth-order valence-corrected chi connectivity index (χ4v) is 1.79. The lowest BCUT2D eigenvalue weighted by Gasteiger charge is -2.06. The Hall–Kier alpha value is -1.84. The fraction of sp³-hybridized carbons (Fsp3) is 0.500. The molecular formula is C16H24N2O2. The van der Waals surface area contributed by atoms with Gasteiger partial charge in [-0.2, -0.15) is 0 Å². The van der Waals surface area contributed by atoms with Crippen molar-refractivity contribution in [3.8, 4) is 0 Å². The van der Waals surface area contributed by atoms with Crippen LogP contribution in [0.25, 0.3) is 0 Å². The summed E-state index contributed by atoms with van der Waals surface area (Å²) in [4.78, 5) is 23.6. The molecule has 2 amide bonds. The molecule has 0 aliphatic heterocycles. The van der Waals surface area contributed by atoms with Crippen LogP contribution in [0.1, 0.15) is 60.2 Å². The van der Waals surface area contributed by atoms with E-state index in [1.165, 1.54) is 0 Å². The number of benzene rings is 1. The van der Waals surface area contributed by atoms with Gasteiger partial charge >= 0.3 is 0 Å². The van der Waals surface area contributed by atoms with Gasteiger partial charge < -0.3 is 10.6 Å². The van der Waals surface area contributed by atoms with Gasteiger partial charge in [-0.05, 0) is 37.1 Å². The zero-order valence-corrected chi connectivity index (χ0v) is 12.4. The molecule has 0 aliphatic carbocycles. The molecule has 0 fully saturated rings. The van der Waals surface area contributed by atoms with Gasteiger partial charge in [-0.1, -0.05) is 26.7 Å². The summed E-state index contributed by atoms with van der Waals surface area (Å²) in [5, 5.41) is 5.68. The second-order valence-corrected chi connectivity index (χ2v) is 4.80. The molecule has 0 aromatic heterocycles. The summed E-state index contributed by atoms with van der Waals surface area (Å²) in [5.74, 6) is -0.177. The molecular weight excluding hydrogens is 252 g/mol. The molecule has 0 atom stereocenters. The van der Waals surface area contributed by atoms with Crippen molar-refractivity contribution in [3.63, 3.8) is 0 Å². The molecule has 1 rings (SSSR count). The van der Waals surface area contributed by atoms with E-state index in [9.17, 15) is 9.59 Å². The summed E-state index contributed by atoms with van der Waals surface area (Å²) in [6.07, 6.45) is 4.16. The van der Waals surface area contributed by atoms with Crippen molar-refractivity contribution in [2.45, 2.75) is 39.5 Å². The van der Waals surface area contributed by atoms with E-state index in [1.54, 1.807) is 24.3 Å². The summed E-state index contributed by atoms with van der Waals surface area (Å²) >= 11 is 0. The second-order valence-electron chi connectivity index (χ2n) is 4.80. The third-order valence-electron chi connectivity index (χ3n) is 3.01. The first-order chi connectivity index (χ1) is 9.69. The highest BCUT2D eigenvalue weighted by Gasteiger charge is 2.07. The first-order valence-electron chi connectivity index (χ1n) is 7.35. The first-order valence-corrected chi connectivity index (χ1v) is 7.35. The van der Waals surface area contributed by atoms with E-state index in [1.807, 2.05) is 6.92 Å². The minimum atomic E-state index is -0.0956. The van der Waals surface area contributed by atoms with E-state index in [0.717, 1.165) is 25.7 Å². The SMILES string of the molecule is CCCCCNC(=O)c1ccc(C(=O)NCCC)cc1. The molecule has 110 valence electrons. The third kappa shape index (κ3) is 5.43. The quantitative estimate of drug-likeness (QED) is 0.717. The lowest BCUT2D eigenvalue weighted by atomic mass is 10.1. The van der Waals surface area contributed by atoms with Crippen LogP contribution in [0.5, 0.6) is 0 Å². The summed E-state index contributed by atoms with van der Waals surface area (Å²) in [7, 11) is 0. The maximum absolute atomic E-state index is 11.8. The lowest BCUT2D eigenvalue weighted by Crippen LogP contribution is -2.25. The number of hydrogen-bond donors (Lipinski definition) is 2. The van der Waals surface area contributed by atoms with E-state index < -0.39 is 0 Å². The Labute approximate surface area is 121 Å². The Morgan fingerprint density at radius 2 is 1.30 bits per heavy atom. The summed E-state index contributed by atoms with van der Waals surface area (Å²) in [6.45, 7) is 5.50. The van der Waals surface area contributed by atoms with Gasteiger partial charge in [0.15, 0.2) is 0 Å². The highest BCUT2D eigenvalue weighted by atomic mass is 16.2. The molecule has 1 aromatic rings. The second kappa shape index (κ2) is 9.13. The fourth-order valence-electron chi connectivity index (χ4n) is 1.79. The monoisotopic (exact) mass is 276 g/mol. The average molecular weight is 276 g/mol. The van der Waals surface area contributed by atoms with Gasteiger partial charge in [-0.25, -0.2) is 0 Å². The number of hydrogen-bond acceptors (Lipinski definition) is 2. The van der Waals surface area contributed by atoms with Crippen LogP contribution < -0.4 is 10.6 Å². The first kappa shape index (κ1) is 16.2. The Kier molecular flexibility index (Phi) is 7.40. The zero-order valence-electron chi connectivity index (χ0n) is 12.4. The maximum Gasteiger partial charge on any atom is 0.251 e. The standard InChI is InChI=1S/C16H24N2O2/c1-3-5-6-12-18-16(20)14-9-7-13(8-10-14)15(19)17-11-4-2/h7-10H,3-6,11-12H2,1-2H3,(H,17,19)(H,18,20). The molecule has 0 aliphatic rings. The summed E-state index contributed by atoms with van der Waals surface area (Å²) in [5.41, 5.74) is 1.18. The van der Waals surface area contributed by atoms with Gasteiger partial charge in [-0.15, -0.1) is 0 Å². The Morgan fingerprint density at radius 3 is 1.75 bits per heavy atom. The van der Waals surface area contributed by atoms with Crippen molar-refractivity contribution in [1.29, 1.82) is 0 Å². The number of carbonyl (C=O) groups is 2. The van der Waals surface area contributed by atoms with Crippen molar-refractivity contribution in [1.82, 2.24) is 10.6 Å². The lowest BCUT2D eigenvalue weighted by molar-refractivity contribution is 0.0941. The van der Waals surface area contributed by atoms with Gasteiger partial charge in [0.1, 0.15) is 0 Å². The Morgan fingerprint density at radius 1 is 0.800 bits per heavy atom. The number of amides is 2. The van der Waals surface area contributed by atoms with Gasteiger partial charge in [0.25, 0.3) is 11.8 Å². The topological polar surface area (TPSA) is 58.2 Å². The van der Waals surface area contributed by atoms with Crippen molar-refractivity contribution in [3.05, 3.63) is 35.4 Å². The van der Waals surface area contributed by atoms with Gasteiger partial charge in [0.05, 0.1) is 0 Å². The van der Waals surface area contributed by atoms with Crippen LogP contribution in [-0.2, 0) is 0 Å². The molecule has 0 radical (unpaired) electrons. The molecule has 0 spiro atoms. The number of rotatable bonds is 8. The smallest absolute Gasteiger partial charge is 0.251 e. The number of carbonyl (C=O) groups excluding carboxylic acids is 2. The molecule has 0 heterocycles. The predicted octanol–water partition coefficient (Wildman–Crippen LogP) is 2.75. The summed E-state index contributed by atoms with van der Waals surface area (Å²) < 4.78 is 0. The molecule has 2 N–H and O–H groups in total. The molecule has 20 heavy (non-hydrogen) atoms. The minimum Gasteiger partial charge on any atom is -0.352 e. The predicted molar refractivity (Wildman–Crippen MR) is 80.9 cm³/mol. The molecule has 0 unspecified atom stereocenters. The van der Waals surface area contributed by atoms with E-state index >= 15 is 0 Å². The van der Waals surface area contributed by atoms with Crippen LogP contribution in [0.4, 0.5) is 0 Å². The molecule has 4 nitrogen and oxygen atoms in total. The van der Waals surface area contributed by atoms with Crippen LogP contribution >= 0.6 is 0 Å². The van der Waals surface area contributed by atoms with Crippen LogP contribution in [0, 0.1) is 0 Å².